The number of nitrogens with one attached hydrogen (secondary N) is 2. The van der Waals surface area contributed by atoms with Crippen LogP contribution in [0.3, 0.4) is 0 Å². The van der Waals surface area contributed by atoms with E-state index in [9.17, 15) is 4.79 Å². The van der Waals surface area contributed by atoms with Gasteiger partial charge in [0.2, 0.25) is 0 Å². The van der Waals surface area contributed by atoms with E-state index in [0.717, 1.165) is 31.9 Å². The number of hydrogen-bond donors (Lipinski definition) is 2. The van der Waals surface area contributed by atoms with Crippen molar-refractivity contribution in [2.45, 2.75) is 13.0 Å². The van der Waals surface area contributed by atoms with E-state index in [2.05, 4.69) is 10.6 Å². The molecule has 2 amide bonds. The van der Waals surface area contributed by atoms with E-state index in [4.69, 9.17) is 4.42 Å². The van der Waals surface area contributed by atoms with E-state index in [1.165, 1.54) is 0 Å². The third kappa shape index (κ3) is 2.55. The van der Waals surface area contributed by atoms with Crippen molar-refractivity contribution < 1.29 is 9.21 Å². The molecule has 1 atom stereocenters. The van der Waals surface area contributed by atoms with Crippen LogP contribution in [0.25, 0.3) is 0 Å². The largest absolute Gasteiger partial charge is 0.468 e. The van der Waals surface area contributed by atoms with Crippen LogP contribution in [0, 0.1) is 0 Å². The molecule has 2 heterocycles. The van der Waals surface area contributed by atoms with Gasteiger partial charge in [0.15, 0.2) is 0 Å². The monoisotopic (exact) mass is 223 g/mol. The lowest BCUT2D eigenvalue weighted by Crippen LogP contribution is -2.35. The van der Waals surface area contributed by atoms with Gasteiger partial charge in [-0.15, -0.1) is 0 Å². The van der Waals surface area contributed by atoms with Crippen LogP contribution in [0.2, 0.25) is 0 Å². The fourth-order valence-corrected chi connectivity index (χ4v) is 1.78. The van der Waals surface area contributed by atoms with Gasteiger partial charge in [-0.1, -0.05) is 0 Å². The van der Waals surface area contributed by atoms with Crippen molar-refractivity contribution in [1.82, 2.24) is 15.5 Å². The number of carbonyl (C=O) groups is 1. The summed E-state index contributed by atoms with van der Waals surface area (Å²) in [6.07, 6.45) is 1.67. The van der Waals surface area contributed by atoms with E-state index < -0.39 is 0 Å². The van der Waals surface area contributed by atoms with Crippen LogP contribution in [0.1, 0.15) is 18.7 Å². The van der Waals surface area contributed by atoms with Crippen LogP contribution >= 0.6 is 0 Å². The minimum atomic E-state index is 0.0347. The molecular weight excluding hydrogens is 206 g/mol. The third-order valence-corrected chi connectivity index (χ3v) is 2.75. The Labute approximate surface area is 94.8 Å². The fourth-order valence-electron chi connectivity index (χ4n) is 1.78. The molecule has 0 radical (unpaired) electrons. The Morgan fingerprint density at radius 1 is 1.69 bits per heavy atom. The molecule has 16 heavy (non-hydrogen) atoms. The smallest absolute Gasteiger partial charge is 0.317 e. The van der Waals surface area contributed by atoms with E-state index in [1.807, 2.05) is 24.0 Å². The van der Waals surface area contributed by atoms with Crippen LogP contribution in [-0.2, 0) is 0 Å². The first-order valence-electron chi connectivity index (χ1n) is 5.57. The summed E-state index contributed by atoms with van der Waals surface area (Å²) < 4.78 is 5.28. The predicted molar refractivity (Wildman–Crippen MR) is 60.1 cm³/mol. The highest BCUT2D eigenvalue weighted by molar-refractivity contribution is 5.76. The summed E-state index contributed by atoms with van der Waals surface area (Å²) in [6.45, 7) is 5.11. The molecule has 5 nitrogen and oxygen atoms in total. The minimum absolute atomic E-state index is 0.0347. The molecule has 0 aromatic carbocycles. The Morgan fingerprint density at radius 2 is 2.56 bits per heavy atom. The second-order valence-electron chi connectivity index (χ2n) is 3.91. The van der Waals surface area contributed by atoms with Gasteiger partial charge in [-0.05, 0) is 19.1 Å². The van der Waals surface area contributed by atoms with Crippen molar-refractivity contribution in [1.29, 1.82) is 0 Å². The summed E-state index contributed by atoms with van der Waals surface area (Å²) in [5, 5.41) is 6.09. The summed E-state index contributed by atoms with van der Waals surface area (Å²) >= 11 is 0. The highest BCUT2D eigenvalue weighted by atomic mass is 16.3. The first-order chi connectivity index (χ1) is 7.77. The van der Waals surface area contributed by atoms with Crippen molar-refractivity contribution in [2.24, 2.45) is 0 Å². The summed E-state index contributed by atoms with van der Waals surface area (Å²) in [4.78, 5) is 13.1. The third-order valence-electron chi connectivity index (χ3n) is 2.75. The quantitative estimate of drug-likeness (QED) is 0.781. The minimum Gasteiger partial charge on any atom is -0.468 e. The zero-order chi connectivity index (χ0) is 11.4. The van der Waals surface area contributed by atoms with E-state index in [1.54, 1.807) is 6.26 Å². The Kier molecular flexibility index (Phi) is 3.46. The topological polar surface area (TPSA) is 57.5 Å². The molecule has 1 saturated heterocycles. The van der Waals surface area contributed by atoms with Gasteiger partial charge in [0, 0.05) is 26.2 Å². The highest BCUT2D eigenvalue weighted by Gasteiger charge is 2.18. The molecule has 5 heteroatoms. The maximum Gasteiger partial charge on any atom is 0.317 e. The highest BCUT2D eigenvalue weighted by Crippen LogP contribution is 2.11. The van der Waals surface area contributed by atoms with Crippen molar-refractivity contribution in [3.8, 4) is 0 Å². The second kappa shape index (κ2) is 5.03. The lowest BCUT2D eigenvalue weighted by molar-refractivity contribution is 0.217. The van der Waals surface area contributed by atoms with Gasteiger partial charge in [-0.3, -0.25) is 0 Å². The molecule has 0 spiro atoms. The van der Waals surface area contributed by atoms with Crippen molar-refractivity contribution in [2.75, 3.05) is 26.2 Å². The summed E-state index contributed by atoms with van der Waals surface area (Å²) in [5.41, 5.74) is 0. The Hall–Kier alpha value is -1.49. The molecule has 1 aliphatic heterocycles. The maximum atomic E-state index is 11.2. The number of carbonyl (C=O) groups excluding carboxylic acids is 1. The summed E-state index contributed by atoms with van der Waals surface area (Å²) in [5.74, 6) is 0.922. The average Bonchev–Trinajstić information content (AvgIpc) is 2.90. The van der Waals surface area contributed by atoms with Crippen molar-refractivity contribution in [3.05, 3.63) is 24.2 Å². The van der Waals surface area contributed by atoms with Crippen LogP contribution in [0.15, 0.2) is 22.8 Å². The molecule has 0 aliphatic carbocycles. The van der Waals surface area contributed by atoms with Gasteiger partial charge < -0.3 is 20.0 Å². The summed E-state index contributed by atoms with van der Waals surface area (Å²) in [7, 11) is 0. The Bertz CT molecular complexity index is 337. The lowest BCUT2D eigenvalue weighted by Gasteiger charge is -2.16. The predicted octanol–water partition coefficient (Wildman–Crippen LogP) is 0.955. The number of rotatable bonds is 5. The van der Waals surface area contributed by atoms with Gasteiger partial charge in [-0.25, -0.2) is 4.79 Å². The molecular formula is C11H17N3O2. The van der Waals surface area contributed by atoms with Gasteiger partial charge in [0.1, 0.15) is 5.76 Å². The summed E-state index contributed by atoms with van der Waals surface area (Å²) in [6, 6.07) is 4.04. The standard InChI is InChI=1S/C11H17N3O2/c1-9(10-3-2-8-16-10)12-4-6-14-7-5-13-11(14)15/h2-3,8-9,12H,4-7H2,1H3,(H,13,15)/t9-/m1/s1. The lowest BCUT2D eigenvalue weighted by atomic mass is 10.2. The van der Waals surface area contributed by atoms with Crippen molar-refractivity contribution >= 4 is 6.03 Å². The maximum absolute atomic E-state index is 11.2. The molecule has 1 aromatic rings. The molecule has 1 aromatic heterocycles. The Morgan fingerprint density at radius 3 is 3.19 bits per heavy atom. The molecule has 0 saturated carbocycles. The zero-order valence-electron chi connectivity index (χ0n) is 9.40. The first kappa shape index (κ1) is 11.0. The zero-order valence-corrected chi connectivity index (χ0v) is 9.40. The Balaban J connectivity index is 1.70. The van der Waals surface area contributed by atoms with Crippen LogP contribution < -0.4 is 10.6 Å². The fraction of sp³-hybridized carbons (Fsp3) is 0.545. The SMILES string of the molecule is C[C@@H](NCCN1CCNC1=O)c1ccco1. The number of hydrogen-bond acceptors (Lipinski definition) is 3. The van der Waals surface area contributed by atoms with E-state index in [-0.39, 0.29) is 12.1 Å². The van der Waals surface area contributed by atoms with Crippen LogP contribution in [0.5, 0.6) is 0 Å². The van der Waals surface area contributed by atoms with Gasteiger partial charge in [0.05, 0.1) is 12.3 Å². The van der Waals surface area contributed by atoms with E-state index >= 15 is 0 Å². The normalized spacial score (nSPS) is 17.6. The van der Waals surface area contributed by atoms with E-state index in [0.29, 0.717) is 0 Å². The molecule has 1 aliphatic rings. The van der Waals surface area contributed by atoms with Crippen LogP contribution in [0.4, 0.5) is 4.79 Å². The van der Waals surface area contributed by atoms with Gasteiger partial charge in [0.25, 0.3) is 0 Å². The van der Waals surface area contributed by atoms with Crippen LogP contribution in [-0.4, -0.2) is 37.1 Å². The molecule has 2 N–H and O–H groups in total. The number of furan rings is 1. The second-order valence-corrected chi connectivity index (χ2v) is 3.91. The molecule has 1 fully saturated rings. The van der Waals surface area contributed by atoms with Gasteiger partial charge >= 0.3 is 6.03 Å². The molecule has 88 valence electrons. The first-order valence-corrected chi connectivity index (χ1v) is 5.57. The number of amides is 2. The van der Waals surface area contributed by atoms with Crippen molar-refractivity contribution in [3.63, 3.8) is 0 Å². The molecule has 0 unspecified atom stereocenters. The molecule has 0 bridgehead atoms. The molecule has 2 rings (SSSR count). The average molecular weight is 223 g/mol. The number of nitrogens with zero attached hydrogens (tertiary/aromatic N) is 1. The van der Waals surface area contributed by atoms with Gasteiger partial charge in [-0.2, -0.15) is 0 Å². The number of urea groups is 1.